The first kappa shape index (κ1) is 12.4. The van der Waals surface area contributed by atoms with Crippen LogP contribution in [-0.4, -0.2) is 17.1 Å². The van der Waals surface area contributed by atoms with Crippen molar-refractivity contribution in [2.24, 2.45) is 0 Å². The molecule has 1 heterocycles. The van der Waals surface area contributed by atoms with E-state index in [9.17, 15) is 0 Å². The highest BCUT2D eigenvalue weighted by atomic mass is 16.5. The van der Waals surface area contributed by atoms with E-state index >= 15 is 0 Å². The van der Waals surface area contributed by atoms with E-state index in [-0.39, 0.29) is 0 Å². The lowest BCUT2D eigenvalue weighted by molar-refractivity contribution is 0.201. The van der Waals surface area contributed by atoms with Gasteiger partial charge in [0.2, 0.25) is 5.88 Å². The third-order valence-electron chi connectivity index (χ3n) is 3.10. The lowest BCUT2D eigenvalue weighted by Gasteiger charge is -2.12. The first-order valence-electron chi connectivity index (χ1n) is 6.59. The fourth-order valence-electron chi connectivity index (χ4n) is 2.08. The Balaban J connectivity index is 1.84. The number of nitrogens with zero attached hydrogens (tertiary/aromatic N) is 1. The van der Waals surface area contributed by atoms with Crippen molar-refractivity contribution in [1.82, 2.24) is 10.3 Å². The van der Waals surface area contributed by atoms with Crippen LogP contribution in [0.3, 0.4) is 0 Å². The Hall–Kier alpha value is -1.09. The summed E-state index contributed by atoms with van der Waals surface area (Å²) in [6.07, 6.45) is 7.24. The molecule has 0 radical (unpaired) electrons. The quantitative estimate of drug-likeness (QED) is 0.850. The van der Waals surface area contributed by atoms with Gasteiger partial charge in [-0.2, -0.15) is 0 Å². The number of nitrogens with one attached hydrogen (secondary N) is 1. The molecule has 0 aliphatic heterocycles. The fraction of sp³-hybridized carbons (Fsp3) is 0.643. The van der Waals surface area contributed by atoms with Gasteiger partial charge in [0.25, 0.3) is 0 Å². The molecule has 1 aliphatic carbocycles. The largest absolute Gasteiger partial charge is 0.474 e. The second-order valence-corrected chi connectivity index (χ2v) is 5.06. The standard InChI is InChI=1S/C14H22N2O/c1-11(2)15-9-12-7-8-14(16-10-12)17-13-5-3-4-6-13/h7-8,10-11,13,15H,3-6,9H2,1-2H3. The van der Waals surface area contributed by atoms with Crippen LogP contribution in [0.15, 0.2) is 18.3 Å². The second-order valence-electron chi connectivity index (χ2n) is 5.06. The van der Waals surface area contributed by atoms with E-state index in [0.29, 0.717) is 12.1 Å². The summed E-state index contributed by atoms with van der Waals surface area (Å²) in [5.74, 6) is 0.769. The molecular weight excluding hydrogens is 212 g/mol. The molecule has 1 saturated carbocycles. The first-order chi connectivity index (χ1) is 8.24. The lowest BCUT2D eigenvalue weighted by atomic mass is 10.2. The Morgan fingerprint density at radius 2 is 2.12 bits per heavy atom. The molecule has 0 atom stereocenters. The van der Waals surface area contributed by atoms with E-state index in [1.807, 2.05) is 12.3 Å². The maximum Gasteiger partial charge on any atom is 0.213 e. The maximum absolute atomic E-state index is 5.82. The van der Waals surface area contributed by atoms with Gasteiger partial charge in [-0.1, -0.05) is 19.9 Å². The molecular formula is C14H22N2O. The molecule has 0 unspecified atom stereocenters. The first-order valence-corrected chi connectivity index (χ1v) is 6.59. The molecule has 0 aromatic carbocycles. The Kier molecular flexibility index (Phi) is 4.37. The summed E-state index contributed by atoms with van der Waals surface area (Å²) >= 11 is 0. The van der Waals surface area contributed by atoms with E-state index in [1.54, 1.807) is 0 Å². The van der Waals surface area contributed by atoms with Crippen LogP contribution in [0.5, 0.6) is 5.88 Å². The number of hydrogen-bond acceptors (Lipinski definition) is 3. The average molecular weight is 234 g/mol. The molecule has 0 amide bonds. The fourth-order valence-corrected chi connectivity index (χ4v) is 2.08. The monoisotopic (exact) mass is 234 g/mol. The van der Waals surface area contributed by atoms with Gasteiger partial charge in [-0.05, 0) is 31.2 Å². The summed E-state index contributed by atoms with van der Waals surface area (Å²) < 4.78 is 5.82. The molecule has 1 N–H and O–H groups in total. The Labute approximate surface area is 104 Å². The van der Waals surface area contributed by atoms with Crippen LogP contribution < -0.4 is 10.1 Å². The van der Waals surface area contributed by atoms with E-state index < -0.39 is 0 Å². The van der Waals surface area contributed by atoms with Gasteiger partial charge in [0.15, 0.2) is 0 Å². The van der Waals surface area contributed by atoms with Crippen molar-refractivity contribution in [3.05, 3.63) is 23.9 Å². The SMILES string of the molecule is CC(C)NCc1ccc(OC2CCCC2)nc1. The van der Waals surface area contributed by atoms with Gasteiger partial charge in [0.05, 0.1) is 0 Å². The third-order valence-corrected chi connectivity index (χ3v) is 3.10. The predicted molar refractivity (Wildman–Crippen MR) is 69.1 cm³/mol. The normalized spacial score (nSPS) is 16.6. The molecule has 17 heavy (non-hydrogen) atoms. The van der Waals surface area contributed by atoms with Crippen molar-refractivity contribution < 1.29 is 4.74 Å². The van der Waals surface area contributed by atoms with E-state index in [1.165, 1.54) is 31.2 Å². The van der Waals surface area contributed by atoms with Crippen LogP contribution in [0.1, 0.15) is 45.1 Å². The molecule has 1 fully saturated rings. The molecule has 1 aliphatic rings. The molecule has 94 valence electrons. The average Bonchev–Trinajstić information content (AvgIpc) is 2.81. The van der Waals surface area contributed by atoms with Crippen LogP contribution in [0.2, 0.25) is 0 Å². The van der Waals surface area contributed by atoms with Crippen LogP contribution >= 0.6 is 0 Å². The molecule has 2 rings (SSSR count). The third kappa shape index (κ3) is 4.00. The molecule has 1 aromatic heterocycles. The van der Waals surface area contributed by atoms with Crippen molar-refractivity contribution in [2.45, 2.75) is 58.2 Å². The Morgan fingerprint density at radius 1 is 1.35 bits per heavy atom. The molecule has 1 aromatic rings. The van der Waals surface area contributed by atoms with Crippen molar-refractivity contribution in [3.63, 3.8) is 0 Å². The minimum atomic E-state index is 0.391. The minimum Gasteiger partial charge on any atom is -0.474 e. The van der Waals surface area contributed by atoms with Crippen molar-refractivity contribution in [3.8, 4) is 5.88 Å². The van der Waals surface area contributed by atoms with E-state index in [4.69, 9.17) is 4.74 Å². The zero-order valence-electron chi connectivity index (χ0n) is 10.8. The number of ether oxygens (including phenoxy) is 1. The number of aromatic nitrogens is 1. The van der Waals surface area contributed by atoms with Gasteiger partial charge < -0.3 is 10.1 Å². The van der Waals surface area contributed by atoms with Crippen LogP contribution in [0.4, 0.5) is 0 Å². The van der Waals surface area contributed by atoms with Crippen molar-refractivity contribution in [2.75, 3.05) is 0 Å². The lowest BCUT2D eigenvalue weighted by Crippen LogP contribution is -2.21. The summed E-state index contributed by atoms with van der Waals surface area (Å²) in [5.41, 5.74) is 1.21. The van der Waals surface area contributed by atoms with Crippen molar-refractivity contribution >= 4 is 0 Å². The Bertz CT molecular complexity index is 329. The topological polar surface area (TPSA) is 34.1 Å². The van der Waals surface area contributed by atoms with Gasteiger partial charge in [-0.25, -0.2) is 4.98 Å². The van der Waals surface area contributed by atoms with E-state index in [0.717, 1.165) is 12.4 Å². The maximum atomic E-state index is 5.82. The highest BCUT2D eigenvalue weighted by molar-refractivity contribution is 5.18. The minimum absolute atomic E-state index is 0.391. The highest BCUT2D eigenvalue weighted by Crippen LogP contribution is 2.22. The van der Waals surface area contributed by atoms with Gasteiger partial charge in [0.1, 0.15) is 6.10 Å². The number of rotatable bonds is 5. The molecule has 0 saturated heterocycles. The van der Waals surface area contributed by atoms with Gasteiger partial charge >= 0.3 is 0 Å². The molecule has 0 spiro atoms. The predicted octanol–water partition coefficient (Wildman–Crippen LogP) is 2.90. The second kappa shape index (κ2) is 6.01. The van der Waals surface area contributed by atoms with Gasteiger partial charge in [-0.3, -0.25) is 0 Å². The smallest absolute Gasteiger partial charge is 0.213 e. The summed E-state index contributed by atoms with van der Waals surface area (Å²) in [4.78, 5) is 4.36. The highest BCUT2D eigenvalue weighted by Gasteiger charge is 2.16. The van der Waals surface area contributed by atoms with Gasteiger partial charge in [0, 0.05) is 24.8 Å². The van der Waals surface area contributed by atoms with Crippen molar-refractivity contribution in [1.29, 1.82) is 0 Å². The zero-order valence-corrected chi connectivity index (χ0v) is 10.8. The van der Waals surface area contributed by atoms with Crippen LogP contribution in [0.25, 0.3) is 0 Å². The summed E-state index contributed by atoms with van der Waals surface area (Å²) in [6.45, 7) is 5.16. The van der Waals surface area contributed by atoms with Crippen LogP contribution in [0, 0.1) is 0 Å². The van der Waals surface area contributed by atoms with Crippen LogP contribution in [-0.2, 0) is 6.54 Å². The molecule has 3 heteroatoms. The summed E-state index contributed by atoms with van der Waals surface area (Å²) in [7, 11) is 0. The Morgan fingerprint density at radius 3 is 2.71 bits per heavy atom. The van der Waals surface area contributed by atoms with E-state index in [2.05, 4.69) is 30.2 Å². The van der Waals surface area contributed by atoms with Gasteiger partial charge in [-0.15, -0.1) is 0 Å². The zero-order chi connectivity index (χ0) is 12.1. The summed E-state index contributed by atoms with van der Waals surface area (Å²) in [5, 5.41) is 3.37. The number of pyridine rings is 1. The molecule has 0 bridgehead atoms. The molecule has 3 nitrogen and oxygen atoms in total. The number of hydrogen-bond donors (Lipinski definition) is 1. The summed E-state index contributed by atoms with van der Waals surface area (Å²) in [6, 6.07) is 4.58.